The van der Waals surface area contributed by atoms with Gasteiger partial charge in [0.2, 0.25) is 5.95 Å². The molecule has 13 heteroatoms. The first-order valence-corrected chi connectivity index (χ1v) is 13.6. The number of fused-ring (bicyclic) bond motifs is 1. The maximum atomic E-state index is 15.1. The number of ether oxygens (including phenoxy) is 1. The number of halogens is 2. The molecule has 1 aromatic carbocycles. The molecule has 1 aliphatic heterocycles. The van der Waals surface area contributed by atoms with Crippen molar-refractivity contribution in [3.63, 3.8) is 0 Å². The van der Waals surface area contributed by atoms with Gasteiger partial charge in [-0.1, -0.05) is 6.92 Å². The summed E-state index contributed by atoms with van der Waals surface area (Å²) >= 11 is 0. The van der Waals surface area contributed by atoms with Gasteiger partial charge in [0.05, 0.1) is 53.3 Å². The number of aliphatic hydroxyl groups is 1. The molecule has 0 spiro atoms. The molecule has 1 saturated heterocycles. The maximum Gasteiger partial charge on any atom is 0.406 e. The van der Waals surface area contributed by atoms with Crippen molar-refractivity contribution in [2.45, 2.75) is 32.4 Å². The third-order valence-corrected chi connectivity index (χ3v) is 7.66. The van der Waals surface area contributed by atoms with Gasteiger partial charge in [-0.15, -0.1) is 0 Å². The van der Waals surface area contributed by atoms with Crippen molar-refractivity contribution in [2.75, 3.05) is 37.0 Å². The Morgan fingerprint density at radius 3 is 2.60 bits per heavy atom. The van der Waals surface area contributed by atoms with Crippen molar-refractivity contribution < 1.29 is 23.4 Å². The number of carbonyl (C=O) groups is 1. The van der Waals surface area contributed by atoms with Crippen LogP contribution in [0.15, 0.2) is 48.9 Å². The Hall–Kier alpha value is -4.36. The molecule has 1 fully saturated rings. The number of piperidine rings is 1. The first kappa shape index (κ1) is 29.1. The second-order valence-corrected chi connectivity index (χ2v) is 11.1. The van der Waals surface area contributed by atoms with E-state index in [9.17, 15) is 9.90 Å². The van der Waals surface area contributed by atoms with Gasteiger partial charge in [0, 0.05) is 31.9 Å². The van der Waals surface area contributed by atoms with Crippen LogP contribution in [0.25, 0.3) is 16.8 Å². The Morgan fingerprint density at radius 1 is 1.19 bits per heavy atom. The van der Waals surface area contributed by atoms with Crippen LogP contribution in [0, 0.1) is 23.5 Å². The number of nitrogens with one attached hydrogen (secondary N) is 2. The minimum Gasteiger partial charge on any atom is -0.453 e. The normalized spacial score (nSPS) is 19.1. The fraction of sp³-hybridized carbons (Fsp3) is 0.379. The molecule has 0 radical (unpaired) electrons. The first-order chi connectivity index (χ1) is 20.0. The third-order valence-electron chi connectivity index (χ3n) is 7.66. The van der Waals surface area contributed by atoms with Crippen LogP contribution >= 0.6 is 0 Å². The number of hydrogen-bond donors (Lipinski definition) is 4. The highest BCUT2D eigenvalue weighted by atomic mass is 19.1. The molecule has 0 unspecified atom stereocenters. The second kappa shape index (κ2) is 11.5. The molecule has 1 amide bonds. The number of nitrogens with two attached hydrogens (primary N) is 1. The Labute approximate surface area is 241 Å². The lowest BCUT2D eigenvalue weighted by atomic mass is 9.83. The zero-order valence-corrected chi connectivity index (χ0v) is 23.8. The highest BCUT2D eigenvalue weighted by Gasteiger charge is 2.33. The molecule has 5 N–H and O–H groups in total. The van der Waals surface area contributed by atoms with Gasteiger partial charge in [-0.3, -0.25) is 4.98 Å². The fourth-order valence-electron chi connectivity index (χ4n) is 5.34. The van der Waals surface area contributed by atoms with E-state index in [0.717, 1.165) is 17.8 Å². The Morgan fingerprint density at radius 2 is 1.93 bits per heavy atom. The van der Waals surface area contributed by atoms with E-state index in [0.29, 0.717) is 36.8 Å². The summed E-state index contributed by atoms with van der Waals surface area (Å²) in [5.74, 6) is -1.12. The van der Waals surface area contributed by atoms with Gasteiger partial charge >= 0.3 is 6.09 Å². The summed E-state index contributed by atoms with van der Waals surface area (Å²) in [6.07, 6.45) is 4.45. The molecule has 3 atom stereocenters. The van der Waals surface area contributed by atoms with Crippen molar-refractivity contribution in [1.29, 1.82) is 0 Å². The molecule has 0 saturated carbocycles. The highest BCUT2D eigenvalue weighted by molar-refractivity contribution is 5.74. The van der Waals surface area contributed by atoms with E-state index in [1.54, 1.807) is 24.7 Å². The van der Waals surface area contributed by atoms with E-state index in [1.807, 2.05) is 6.07 Å². The summed E-state index contributed by atoms with van der Waals surface area (Å²) in [5.41, 5.74) is 7.12. The number of hydrogen-bond acceptors (Lipinski definition) is 9. The topological polar surface area (TPSA) is 143 Å². The number of carbonyl (C=O) groups excluding carboxylic acids is 1. The molecule has 4 heterocycles. The number of pyridine rings is 1. The Bertz CT molecular complexity index is 1570. The summed E-state index contributed by atoms with van der Waals surface area (Å²) in [5, 5.41) is 20.7. The first-order valence-electron chi connectivity index (χ1n) is 13.6. The average molecular weight is 581 g/mol. The zero-order valence-electron chi connectivity index (χ0n) is 23.8. The number of aromatic nitrogens is 4. The summed E-state index contributed by atoms with van der Waals surface area (Å²) in [6.45, 7) is 6.65. The predicted octanol–water partition coefficient (Wildman–Crippen LogP) is 3.80. The number of nitrogens with zero attached hydrogens (tertiary/aromatic N) is 5. The van der Waals surface area contributed by atoms with E-state index in [-0.39, 0.29) is 34.7 Å². The summed E-state index contributed by atoms with van der Waals surface area (Å²) in [7, 11) is 1.32. The van der Waals surface area contributed by atoms with Gasteiger partial charge in [-0.05, 0) is 61.6 Å². The fourth-order valence-corrected chi connectivity index (χ4v) is 5.34. The van der Waals surface area contributed by atoms with E-state index in [2.05, 4.69) is 42.3 Å². The standard InChI is InChI=1S/C29H34F2N8O3/c1-16-14-38(15-22(32)19(16)12-35-28(40)42-4)25-7-8-33-13-24(25)36-27-34-11-18-5-6-23(37-39(18)27)26-20(30)9-17(10-21(26)31)29(2,3)41/h5-11,13,16,19,22,41H,12,14-15,32H2,1-4H3,(H,34,36)(H,35,40)/t16-,19-,22+/m0/s1. The van der Waals surface area contributed by atoms with Crippen molar-refractivity contribution in [2.24, 2.45) is 17.6 Å². The molecule has 222 valence electrons. The summed E-state index contributed by atoms with van der Waals surface area (Å²) < 4.78 is 36.3. The average Bonchev–Trinajstić information content (AvgIpc) is 3.33. The number of imidazole rings is 1. The SMILES string of the molecule is COC(=O)NC[C@@H]1[C@H](N)CN(c2ccncc2Nc2ncc3ccc(-c4c(F)cc(C(C)(C)O)cc4F)nn23)C[C@@H]1C. The molecule has 42 heavy (non-hydrogen) atoms. The van der Waals surface area contributed by atoms with Crippen molar-refractivity contribution in [3.05, 3.63) is 66.1 Å². The van der Waals surface area contributed by atoms with Gasteiger partial charge in [-0.2, -0.15) is 9.61 Å². The number of anilines is 3. The molecule has 11 nitrogen and oxygen atoms in total. The van der Waals surface area contributed by atoms with Crippen LogP contribution in [0.3, 0.4) is 0 Å². The van der Waals surface area contributed by atoms with E-state index in [4.69, 9.17) is 5.73 Å². The molecule has 0 aliphatic carbocycles. The highest BCUT2D eigenvalue weighted by Crippen LogP contribution is 2.34. The summed E-state index contributed by atoms with van der Waals surface area (Å²) in [6, 6.07) is 7.07. The Balaban J connectivity index is 1.42. The molecular weight excluding hydrogens is 546 g/mol. The van der Waals surface area contributed by atoms with Crippen molar-refractivity contribution in [1.82, 2.24) is 24.9 Å². The molecule has 0 bridgehead atoms. The van der Waals surface area contributed by atoms with E-state index >= 15 is 8.78 Å². The molecule has 1 aliphatic rings. The largest absolute Gasteiger partial charge is 0.453 e. The van der Waals surface area contributed by atoms with Crippen LogP contribution < -0.4 is 21.3 Å². The Kier molecular flexibility index (Phi) is 7.97. The number of benzene rings is 1. The minimum absolute atomic E-state index is 0.0645. The molecule has 4 aromatic rings. The number of methoxy groups -OCH3 is 1. The van der Waals surface area contributed by atoms with Gasteiger partial charge < -0.3 is 31.1 Å². The van der Waals surface area contributed by atoms with Crippen molar-refractivity contribution in [3.8, 4) is 11.3 Å². The lowest BCUT2D eigenvalue weighted by Crippen LogP contribution is -2.55. The smallest absolute Gasteiger partial charge is 0.406 e. The predicted molar refractivity (Wildman–Crippen MR) is 154 cm³/mol. The molecular formula is C29H34F2N8O3. The number of amides is 1. The van der Waals surface area contributed by atoms with E-state index < -0.39 is 23.3 Å². The second-order valence-electron chi connectivity index (χ2n) is 11.1. The minimum atomic E-state index is -1.41. The number of alkyl carbamates (subject to hydrolysis) is 1. The van der Waals surface area contributed by atoms with E-state index in [1.165, 1.54) is 31.5 Å². The van der Waals surface area contributed by atoms with Gasteiger partial charge in [0.1, 0.15) is 11.6 Å². The zero-order chi connectivity index (χ0) is 30.2. The monoisotopic (exact) mass is 580 g/mol. The number of rotatable bonds is 7. The van der Waals surface area contributed by atoms with Gasteiger partial charge in [-0.25, -0.2) is 18.6 Å². The van der Waals surface area contributed by atoms with Crippen LogP contribution in [0.2, 0.25) is 0 Å². The van der Waals surface area contributed by atoms with Crippen LogP contribution in [0.5, 0.6) is 0 Å². The van der Waals surface area contributed by atoms with Crippen LogP contribution in [-0.4, -0.2) is 63.6 Å². The van der Waals surface area contributed by atoms with Gasteiger partial charge in [0.15, 0.2) is 0 Å². The molecule has 5 rings (SSSR count). The molecule has 3 aromatic heterocycles. The lowest BCUT2D eigenvalue weighted by Gasteiger charge is -2.42. The lowest BCUT2D eigenvalue weighted by molar-refractivity contribution is 0.0779. The van der Waals surface area contributed by atoms with Crippen LogP contribution in [-0.2, 0) is 10.3 Å². The van der Waals surface area contributed by atoms with Crippen LogP contribution in [0.4, 0.5) is 30.9 Å². The quantitative estimate of drug-likeness (QED) is 0.257. The summed E-state index contributed by atoms with van der Waals surface area (Å²) in [4.78, 5) is 22.4. The third kappa shape index (κ3) is 5.83. The van der Waals surface area contributed by atoms with Crippen LogP contribution in [0.1, 0.15) is 26.3 Å². The maximum absolute atomic E-state index is 15.1. The van der Waals surface area contributed by atoms with Crippen molar-refractivity contribution >= 4 is 28.9 Å². The van der Waals surface area contributed by atoms with Gasteiger partial charge in [0.25, 0.3) is 0 Å².